The highest BCUT2D eigenvalue weighted by atomic mass is 32.2. The average molecular weight is 401 g/mol. The van der Waals surface area contributed by atoms with E-state index in [-0.39, 0.29) is 11.7 Å². The largest absolute Gasteiger partial charge is 0.405 e. The zero-order chi connectivity index (χ0) is 18.9. The van der Waals surface area contributed by atoms with Gasteiger partial charge in [-0.2, -0.15) is 0 Å². The molecular formula is C16H24N3O5PS. The van der Waals surface area contributed by atoms with Gasteiger partial charge < -0.3 is 14.4 Å². The number of sulfonamides is 1. The molecule has 144 valence electrons. The van der Waals surface area contributed by atoms with Crippen LogP contribution in [0.1, 0.15) is 29.9 Å². The van der Waals surface area contributed by atoms with Crippen LogP contribution in [0.25, 0.3) is 10.9 Å². The maximum Gasteiger partial charge on any atom is 0.405 e. The molecule has 1 aliphatic heterocycles. The van der Waals surface area contributed by atoms with Crippen molar-refractivity contribution in [3.8, 4) is 0 Å². The van der Waals surface area contributed by atoms with Gasteiger partial charge in [0.1, 0.15) is 0 Å². The molecular weight excluding hydrogens is 377 g/mol. The van der Waals surface area contributed by atoms with Crippen molar-refractivity contribution < 1.29 is 22.4 Å². The summed E-state index contributed by atoms with van der Waals surface area (Å²) in [5.74, 6) is 0.221. The molecule has 1 aromatic carbocycles. The predicted molar refractivity (Wildman–Crippen MR) is 100 cm³/mol. The number of piperidine rings is 1. The fourth-order valence-electron chi connectivity index (χ4n) is 3.46. The molecule has 8 nitrogen and oxygen atoms in total. The number of benzene rings is 1. The van der Waals surface area contributed by atoms with Crippen molar-refractivity contribution in [1.82, 2.24) is 14.4 Å². The molecule has 2 heterocycles. The molecule has 0 amide bonds. The number of hydrogen-bond acceptors (Lipinski definition) is 4. The zero-order valence-electron chi connectivity index (χ0n) is 14.8. The maximum absolute atomic E-state index is 11.9. The van der Waals surface area contributed by atoms with Crippen LogP contribution in [0.3, 0.4) is 0 Å². The molecule has 0 radical (unpaired) electrons. The summed E-state index contributed by atoms with van der Waals surface area (Å²) in [6.07, 6.45) is 3.48. The highest BCUT2D eigenvalue weighted by Gasteiger charge is 2.33. The summed E-state index contributed by atoms with van der Waals surface area (Å²) in [5, 5.41) is 1.06. The molecule has 2 aromatic rings. The number of H-pyrrole nitrogens is 1. The molecule has 1 aliphatic rings. The first kappa shape index (κ1) is 19.5. The molecule has 0 spiro atoms. The Bertz CT molecular complexity index is 935. The van der Waals surface area contributed by atoms with Gasteiger partial charge in [0, 0.05) is 37.3 Å². The van der Waals surface area contributed by atoms with Crippen LogP contribution >= 0.6 is 7.75 Å². The molecule has 1 aromatic heterocycles. The smallest absolute Gasteiger partial charge is 0.361 e. The minimum absolute atomic E-state index is 0.0605. The van der Waals surface area contributed by atoms with Crippen molar-refractivity contribution in [3.05, 3.63) is 35.5 Å². The Morgan fingerprint density at radius 2 is 2.08 bits per heavy atom. The van der Waals surface area contributed by atoms with Gasteiger partial charge in [-0.25, -0.2) is 22.4 Å². The van der Waals surface area contributed by atoms with Gasteiger partial charge >= 0.3 is 7.75 Å². The number of fused-ring (bicyclic) bond motifs is 1. The van der Waals surface area contributed by atoms with Crippen LogP contribution in [0, 0.1) is 0 Å². The van der Waals surface area contributed by atoms with Gasteiger partial charge in [-0.05, 0) is 43.0 Å². The second kappa shape index (κ2) is 7.42. The Morgan fingerprint density at radius 1 is 1.38 bits per heavy atom. The van der Waals surface area contributed by atoms with Crippen molar-refractivity contribution in [2.24, 2.45) is 0 Å². The van der Waals surface area contributed by atoms with Gasteiger partial charge in [-0.15, -0.1) is 0 Å². The third-order valence-corrected chi connectivity index (χ3v) is 7.88. The van der Waals surface area contributed by atoms with Crippen molar-refractivity contribution in [2.45, 2.75) is 24.5 Å². The number of nitrogens with zero attached hydrogens (tertiary/aromatic N) is 1. The first-order valence-electron chi connectivity index (χ1n) is 8.41. The second-order valence-electron chi connectivity index (χ2n) is 6.49. The number of rotatable bonds is 6. The molecule has 1 saturated heterocycles. The van der Waals surface area contributed by atoms with Crippen molar-refractivity contribution >= 4 is 28.7 Å². The van der Waals surface area contributed by atoms with Crippen LogP contribution in [0.15, 0.2) is 24.4 Å². The summed E-state index contributed by atoms with van der Waals surface area (Å²) in [5.41, 5.74) is 2.78. The number of aromatic nitrogens is 1. The standard InChI is InChI=1S/C16H24N3O5PS/c1-17-26(22,23)11-12-3-4-14-15(10-18-16(14)9-12)13-5-7-19(8-6-13)25(20,21)24-2/h3-4,9-10,13,17-18H,5-8,11H2,1-2H3,(H,20,21). The van der Waals surface area contributed by atoms with E-state index in [1.54, 1.807) is 0 Å². The summed E-state index contributed by atoms with van der Waals surface area (Å²) in [4.78, 5) is 13.0. The van der Waals surface area contributed by atoms with Crippen molar-refractivity contribution in [3.63, 3.8) is 0 Å². The summed E-state index contributed by atoms with van der Waals surface area (Å²) in [6.45, 7) is 0.995. The van der Waals surface area contributed by atoms with Gasteiger partial charge in [0.05, 0.1) is 5.75 Å². The lowest BCUT2D eigenvalue weighted by molar-refractivity contribution is 0.210. The van der Waals surface area contributed by atoms with E-state index in [1.165, 1.54) is 18.8 Å². The molecule has 26 heavy (non-hydrogen) atoms. The molecule has 0 aliphatic carbocycles. The van der Waals surface area contributed by atoms with Crippen LogP contribution < -0.4 is 4.72 Å². The number of aromatic amines is 1. The van der Waals surface area contributed by atoms with Crippen LogP contribution in [0.5, 0.6) is 0 Å². The van der Waals surface area contributed by atoms with Crippen LogP contribution in [-0.2, 0) is 24.9 Å². The van der Waals surface area contributed by atoms with E-state index in [0.717, 1.165) is 34.9 Å². The second-order valence-corrected chi connectivity index (χ2v) is 10.3. The number of hydrogen-bond donors (Lipinski definition) is 3. The highest BCUT2D eigenvalue weighted by molar-refractivity contribution is 7.88. The average Bonchev–Trinajstić information content (AvgIpc) is 3.04. The molecule has 0 bridgehead atoms. The van der Waals surface area contributed by atoms with Crippen molar-refractivity contribution in [2.75, 3.05) is 27.2 Å². The van der Waals surface area contributed by atoms with E-state index in [1.807, 2.05) is 24.4 Å². The first-order chi connectivity index (χ1) is 12.3. The fourth-order valence-corrected chi connectivity index (χ4v) is 5.19. The van der Waals surface area contributed by atoms with Crippen LogP contribution in [0.2, 0.25) is 0 Å². The third-order valence-electron chi connectivity index (χ3n) is 4.95. The molecule has 1 atom stereocenters. The minimum Gasteiger partial charge on any atom is -0.361 e. The Morgan fingerprint density at radius 3 is 2.69 bits per heavy atom. The summed E-state index contributed by atoms with van der Waals surface area (Å²) >= 11 is 0. The Labute approximate surface area is 153 Å². The lowest BCUT2D eigenvalue weighted by atomic mass is 9.90. The van der Waals surface area contributed by atoms with Gasteiger partial charge in [0.2, 0.25) is 10.0 Å². The molecule has 1 fully saturated rings. The van der Waals surface area contributed by atoms with Gasteiger partial charge in [0.25, 0.3) is 0 Å². The minimum atomic E-state index is -3.67. The SMILES string of the molecule is CNS(=O)(=O)Cc1ccc2c(C3CCN(P(=O)(O)OC)CC3)c[nH]c2c1. The number of nitrogens with one attached hydrogen (secondary N) is 2. The molecule has 0 saturated carbocycles. The summed E-state index contributed by atoms with van der Waals surface area (Å²) < 4.78 is 43.9. The Hall–Kier alpha value is -1.22. The summed E-state index contributed by atoms with van der Waals surface area (Å²) in [6, 6.07) is 5.63. The predicted octanol–water partition coefficient (Wildman–Crippen LogP) is 2.14. The highest BCUT2D eigenvalue weighted by Crippen LogP contribution is 2.48. The van der Waals surface area contributed by atoms with Crippen molar-refractivity contribution in [1.29, 1.82) is 0 Å². The topological polar surface area (TPSA) is 112 Å². The molecule has 10 heteroatoms. The zero-order valence-corrected chi connectivity index (χ0v) is 16.5. The van der Waals surface area contributed by atoms with E-state index >= 15 is 0 Å². The van der Waals surface area contributed by atoms with E-state index in [4.69, 9.17) is 4.52 Å². The van der Waals surface area contributed by atoms with E-state index in [2.05, 4.69) is 9.71 Å². The molecule has 3 rings (SSSR count). The van der Waals surface area contributed by atoms with Crippen LogP contribution in [-0.4, -0.2) is 50.2 Å². The van der Waals surface area contributed by atoms with Gasteiger partial charge in [0.15, 0.2) is 0 Å². The van der Waals surface area contributed by atoms with Crippen LogP contribution in [0.4, 0.5) is 0 Å². The lowest BCUT2D eigenvalue weighted by Gasteiger charge is -2.33. The monoisotopic (exact) mass is 401 g/mol. The third kappa shape index (κ3) is 4.03. The summed E-state index contributed by atoms with van der Waals surface area (Å²) in [7, 11) is -4.32. The molecule has 1 unspecified atom stereocenters. The fraction of sp³-hybridized carbons (Fsp3) is 0.500. The molecule has 3 N–H and O–H groups in total. The Kier molecular flexibility index (Phi) is 5.58. The maximum atomic E-state index is 11.9. The van der Waals surface area contributed by atoms with Gasteiger partial charge in [-0.1, -0.05) is 12.1 Å². The Balaban J connectivity index is 1.77. The normalized spacial score (nSPS) is 19.7. The van der Waals surface area contributed by atoms with E-state index in [0.29, 0.717) is 13.1 Å². The first-order valence-corrected chi connectivity index (χ1v) is 11.6. The van der Waals surface area contributed by atoms with E-state index in [9.17, 15) is 17.9 Å². The lowest BCUT2D eigenvalue weighted by Crippen LogP contribution is -2.30. The van der Waals surface area contributed by atoms with Gasteiger partial charge in [-0.3, -0.25) is 0 Å². The van der Waals surface area contributed by atoms with E-state index < -0.39 is 17.8 Å². The quantitative estimate of drug-likeness (QED) is 0.640.